The summed E-state index contributed by atoms with van der Waals surface area (Å²) in [5.41, 5.74) is 1.64. The lowest BCUT2D eigenvalue weighted by molar-refractivity contribution is -0.120. The molecule has 0 radical (unpaired) electrons. The highest BCUT2D eigenvalue weighted by Crippen LogP contribution is 2.10. The number of benzene rings is 1. The third-order valence-electron chi connectivity index (χ3n) is 2.77. The molecule has 5 nitrogen and oxygen atoms in total. The fraction of sp³-hybridized carbons (Fsp3) is 0.467. The van der Waals surface area contributed by atoms with Gasteiger partial charge in [-0.25, -0.2) is 4.79 Å². The molecule has 0 aliphatic heterocycles. The lowest BCUT2D eigenvalue weighted by atomic mass is 10.1. The molecule has 110 valence electrons. The molecule has 5 heteroatoms. The minimum absolute atomic E-state index is 0.00511. The average Bonchev–Trinajstić information content (AvgIpc) is 2.41. The van der Waals surface area contributed by atoms with E-state index in [0.29, 0.717) is 19.5 Å². The van der Waals surface area contributed by atoms with Crippen LogP contribution in [0, 0.1) is 0 Å². The van der Waals surface area contributed by atoms with Crippen LogP contribution in [0.2, 0.25) is 0 Å². The van der Waals surface area contributed by atoms with Crippen molar-refractivity contribution in [3.05, 3.63) is 29.8 Å². The first-order valence-corrected chi connectivity index (χ1v) is 7.06. The summed E-state index contributed by atoms with van der Waals surface area (Å²) in [5, 5.41) is 8.29. The largest absolute Gasteiger partial charge is 0.356 e. The predicted octanol–water partition coefficient (Wildman–Crippen LogP) is 2.29. The number of amides is 3. The molecular formula is C15H23N3O2. The van der Waals surface area contributed by atoms with E-state index in [0.717, 1.165) is 24.1 Å². The number of hydrogen-bond donors (Lipinski definition) is 3. The maximum absolute atomic E-state index is 11.5. The maximum Gasteiger partial charge on any atom is 0.319 e. The van der Waals surface area contributed by atoms with Gasteiger partial charge in [0, 0.05) is 18.8 Å². The topological polar surface area (TPSA) is 70.2 Å². The fourth-order valence-electron chi connectivity index (χ4n) is 1.70. The molecule has 0 saturated carbocycles. The molecule has 0 bridgehead atoms. The molecular weight excluding hydrogens is 254 g/mol. The molecule has 0 saturated heterocycles. The number of likely N-dealkylation sites (N-methyl/N-ethyl adjacent to an activating group) is 1. The van der Waals surface area contributed by atoms with E-state index in [1.165, 1.54) is 0 Å². The Morgan fingerprint density at radius 1 is 1.05 bits per heavy atom. The SMILES string of the molecule is CCCCNC(=O)Nc1ccc(CC(=O)NCC)cc1. The first kappa shape index (κ1) is 16.0. The number of unbranched alkanes of at least 4 members (excludes halogenated alkanes) is 1. The van der Waals surface area contributed by atoms with Crippen molar-refractivity contribution in [3.8, 4) is 0 Å². The quantitative estimate of drug-likeness (QED) is 0.669. The Bertz CT molecular complexity index is 429. The van der Waals surface area contributed by atoms with Crippen molar-refractivity contribution < 1.29 is 9.59 Å². The van der Waals surface area contributed by atoms with E-state index in [2.05, 4.69) is 22.9 Å². The van der Waals surface area contributed by atoms with Crippen molar-refractivity contribution in [2.45, 2.75) is 33.1 Å². The second-order valence-electron chi connectivity index (χ2n) is 4.56. The first-order chi connectivity index (χ1) is 9.65. The van der Waals surface area contributed by atoms with Gasteiger partial charge in [-0.3, -0.25) is 4.79 Å². The fourth-order valence-corrected chi connectivity index (χ4v) is 1.70. The minimum atomic E-state index is -0.199. The van der Waals surface area contributed by atoms with Crippen LogP contribution in [0.1, 0.15) is 32.3 Å². The van der Waals surface area contributed by atoms with Gasteiger partial charge in [0.15, 0.2) is 0 Å². The summed E-state index contributed by atoms with van der Waals surface area (Å²) >= 11 is 0. The maximum atomic E-state index is 11.5. The normalized spacial score (nSPS) is 9.90. The molecule has 1 rings (SSSR count). The van der Waals surface area contributed by atoms with Crippen LogP contribution in [-0.4, -0.2) is 25.0 Å². The zero-order chi connectivity index (χ0) is 14.8. The van der Waals surface area contributed by atoms with E-state index < -0.39 is 0 Å². The smallest absolute Gasteiger partial charge is 0.319 e. The second-order valence-corrected chi connectivity index (χ2v) is 4.56. The van der Waals surface area contributed by atoms with Crippen LogP contribution in [0.25, 0.3) is 0 Å². The van der Waals surface area contributed by atoms with Gasteiger partial charge in [0.25, 0.3) is 0 Å². The molecule has 1 aromatic rings. The standard InChI is InChI=1S/C15H23N3O2/c1-3-5-10-17-15(20)18-13-8-6-12(7-9-13)11-14(19)16-4-2/h6-9H,3-5,10-11H2,1-2H3,(H,16,19)(H2,17,18,20). The Labute approximate surface area is 120 Å². The Hall–Kier alpha value is -2.04. The van der Waals surface area contributed by atoms with Gasteiger partial charge in [0.1, 0.15) is 0 Å². The molecule has 0 spiro atoms. The molecule has 0 heterocycles. The molecule has 0 aliphatic carbocycles. The number of carbonyl (C=O) groups is 2. The summed E-state index contributed by atoms with van der Waals surface area (Å²) in [5.74, 6) is 0.00511. The number of nitrogens with one attached hydrogen (secondary N) is 3. The molecule has 0 aromatic heterocycles. The van der Waals surface area contributed by atoms with Crippen molar-refractivity contribution in [1.82, 2.24) is 10.6 Å². The molecule has 3 amide bonds. The molecule has 0 aliphatic rings. The number of hydrogen-bond acceptors (Lipinski definition) is 2. The summed E-state index contributed by atoms with van der Waals surface area (Å²) in [6, 6.07) is 7.09. The van der Waals surface area contributed by atoms with Crippen LogP contribution in [0.4, 0.5) is 10.5 Å². The van der Waals surface area contributed by atoms with Crippen molar-refractivity contribution in [3.63, 3.8) is 0 Å². The monoisotopic (exact) mass is 277 g/mol. The second kappa shape index (κ2) is 8.96. The highest BCUT2D eigenvalue weighted by atomic mass is 16.2. The summed E-state index contributed by atoms with van der Waals surface area (Å²) in [6.07, 6.45) is 2.38. The number of rotatable bonds is 7. The van der Waals surface area contributed by atoms with Gasteiger partial charge >= 0.3 is 6.03 Å². The zero-order valence-electron chi connectivity index (χ0n) is 12.2. The Balaban J connectivity index is 2.42. The Morgan fingerprint density at radius 2 is 1.75 bits per heavy atom. The van der Waals surface area contributed by atoms with Crippen LogP contribution in [0.15, 0.2) is 24.3 Å². The van der Waals surface area contributed by atoms with Gasteiger partial charge in [-0.1, -0.05) is 25.5 Å². The molecule has 0 atom stereocenters. The van der Waals surface area contributed by atoms with Gasteiger partial charge < -0.3 is 16.0 Å². The molecule has 0 fully saturated rings. The summed E-state index contributed by atoms with van der Waals surface area (Å²) < 4.78 is 0. The van der Waals surface area contributed by atoms with Crippen LogP contribution in [0.5, 0.6) is 0 Å². The molecule has 1 aromatic carbocycles. The van der Waals surface area contributed by atoms with Gasteiger partial charge in [0.05, 0.1) is 6.42 Å². The first-order valence-electron chi connectivity index (χ1n) is 7.06. The van der Waals surface area contributed by atoms with Gasteiger partial charge in [0.2, 0.25) is 5.91 Å². The van der Waals surface area contributed by atoms with Crippen molar-refractivity contribution in [1.29, 1.82) is 0 Å². The Kier molecular flexibility index (Phi) is 7.17. The number of carbonyl (C=O) groups excluding carboxylic acids is 2. The van der Waals surface area contributed by atoms with Gasteiger partial charge in [-0.15, -0.1) is 0 Å². The van der Waals surface area contributed by atoms with E-state index in [-0.39, 0.29) is 11.9 Å². The number of urea groups is 1. The van der Waals surface area contributed by atoms with Gasteiger partial charge in [-0.05, 0) is 31.0 Å². The van der Waals surface area contributed by atoms with Crippen molar-refractivity contribution in [2.75, 3.05) is 18.4 Å². The lowest BCUT2D eigenvalue weighted by Gasteiger charge is -2.08. The van der Waals surface area contributed by atoms with Crippen molar-refractivity contribution >= 4 is 17.6 Å². The van der Waals surface area contributed by atoms with Crippen LogP contribution in [-0.2, 0) is 11.2 Å². The molecule has 20 heavy (non-hydrogen) atoms. The summed E-state index contributed by atoms with van der Waals surface area (Å²) in [4.78, 5) is 23.0. The van der Waals surface area contributed by atoms with Crippen LogP contribution >= 0.6 is 0 Å². The Morgan fingerprint density at radius 3 is 2.35 bits per heavy atom. The lowest BCUT2D eigenvalue weighted by Crippen LogP contribution is -2.29. The number of anilines is 1. The van der Waals surface area contributed by atoms with E-state index >= 15 is 0 Å². The van der Waals surface area contributed by atoms with E-state index in [1.54, 1.807) is 12.1 Å². The van der Waals surface area contributed by atoms with Crippen LogP contribution < -0.4 is 16.0 Å². The van der Waals surface area contributed by atoms with Crippen LogP contribution in [0.3, 0.4) is 0 Å². The minimum Gasteiger partial charge on any atom is -0.356 e. The summed E-state index contributed by atoms with van der Waals surface area (Å²) in [7, 11) is 0. The predicted molar refractivity (Wildman–Crippen MR) is 80.8 cm³/mol. The molecule has 0 unspecified atom stereocenters. The third kappa shape index (κ3) is 6.22. The average molecular weight is 277 g/mol. The zero-order valence-corrected chi connectivity index (χ0v) is 12.2. The van der Waals surface area contributed by atoms with E-state index in [4.69, 9.17) is 0 Å². The van der Waals surface area contributed by atoms with Crippen molar-refractivity contribution in [2.24, 2.45) is 0 Å². The highest BCUT2D eigenvalue weighted by Gasteiger charge is 2.03. The summed E-state index contributed by atoms with van der Waals surface area (Å²) in [6.45, 7) is 5.28. The van der Waals surface area contributed by atoms with E-state index in [1.807, 2.05) is 19.1 Å². The highest BCUT2D eigenvalue weighted by molar-refractivity contribution is 5.89. The molecule has 3 N–H and O–H groups in total. The van der Waals surface area contributed by atoms with E-state index in [9.17, 15) is 9.59 Å². The third-order valence-corrected chi connectivity index (χ3v) is 2.77. The van der Waals surface area contributed by atoms with Gasteiger partial charge in [-0.2, -0.15) is 0 Å².